The molecule has 2 aromatic carbocycles. The van der Waals surface area contributed by atoms with Gasteiger partial charge in [-0.2, -0.15) is 0 Å². The highest BCUT2D eigenvalue weighted by Gasteiger charge is 2.28. The molecule has 1 heterocycles. The number of rotatable bonds is 6. The summed E-state index contributed by atoms with van der Waals surface area (Å²) in [6.07, 6.45) is 0.345. The molecule has 2 aromatic rings. The SMILES string of the molecule is COc1ccc(CCC(=O)Nc2ccc3c(c2)OC(C)C(=O)N3C)cc1OC. The van der Waals surface area contributed by atoms with Crippen molar-refractivity contribution in [3.63, 3.8) is 0 Å². The quantitative estimate of drug-likeness (QED) is 0.828. The van der Waals surface area contributed by atoms with Crippen molar-refractivity contribution in [3.05, 3.63) is 42.0 Å². The van der Waals surface area contributed by atoms with Gasteiger partial charge in [0.1, 0.15) is 5.75 Å². The minimum atomic E-state index is -0.548. The van der Waals surface area contributed by atoms with E-state index < -0.39 is 6.10 Å². The number of likely N-dealkylation sites (N-methyl/N-ethyl adjacent to an activating group) is 1. The van der Waals surface area contributed by atoms with E-state index in [0.29, 0.717) is 41.5 Å². The maximum absolute atomic E-state index is 12.3. The number of hydrogen-bond donors (Lipinski definition) is 1. The maximum Gasteiger partial charge on any atom is 0.267 e. The van der Waals surface area contributed by atoms with Gasteiger partial charge in [-0.1, -0.05) is 6.07 Å². The Labute approximate surface area is 164 Å². The second-order valence-electron chi connectivity index (χ2n) is 6.58. The Morgan fingerprint density at radius 1 is 1.14 bits per heavy atom. The van der Waals surface area contributed by atoms with Crippen LogP contribution in [0.1, 0.15) is 18.9 Å². The standard InChI is InChI=1S/C21H24N2O5/c1-13-21(25)23(2)16-8-7-15(12-18(16)28-13)22-20(24)10-6-14-5-9-17(26-3)19(11-14)27-4/h5,7-9,11-13H,6,10H2,1-4H3,(H,22,24). The van der Waals surface area contributed by atoms with Crippen LogP contribution in [-0.2, 0) is 16.0 Å². The number of carbonyl (C=O) groups is 2. The van der Waals surface area contributed by atoms with Gasteiger partial charge >= 0.3 is 0 Å². The summed E-state index contributed by atoms with van der Waals surface area (Å²) in [6.45, 7) is 1.70. The average molecular weight is 384 g/mol. The number of benzene rings is 2. The molecule has 0 aliphatic carbocycles. The van der Waals surface area contributed by atoms with Crippen LogP contribution in [-0.4, -0.2) is 39.2 Å². The number of carbonyl (C=O) groups excluding carboxylic acids is 2. The molecule has 0 saturated heterocycles. The van der Waals surface area contributed by atoms with Crippen LogP contribution >= 0.6 is 0 Å². The molecule has 7 heteroatoms. The number of nitrogens with zero attached hydrogens (tertiary/aromatic N) is 1. The zero-order valence-corrected chi connectivity index (χ0v) is 16.4. The van der Waals surface area contributed by atoms with Crippen LogP contribution in [0.5, 0.6) is 17.2 Å². The molecule has 0 fully saturated rings. The van der Waals surface area contributed by atoms with Crippen LogP contribution in [0, 0.1) is 0 Å². The lowest BCUT2D eigenvalue weighted by molar-refractivity contribution is -0.125. The van der Waals surface area contributed by atoms with Gasteiger partial charge in [0.05, 0.1) is 19.9 Å². The maximum atomic E-state index is 12.3. The van der Waals surface area contributed by atoms with Crippen molar-refractivity contribution in [2.24, 2.45) is 0 Å². The predicted octanol–water partition coefficient (Wildman–Crippen LogP) is 3.02. The molecule has 1 aliphatic rings. The molecule has 1 aliphatic heterocycles. The van der Waals surface area contributed by atoms with E-state index in [1.807, 2.05) is 18.2 Å². The van der Waals surface area contributed by atoms with Crippen molar-refractivity contribution in [1.82, 2.24) is 0 Å². The van der Waals surface area contributed by atoms with Gasteiger partial charge in [-0.3, -0.25) is 9.59 Å². The summed E-state index contributed by atoms with van der Waals surface area (Å²) < 4.78 is 16.2. The van der Waals surface area contributed by atoms with Gasteiger partial charge in [-0.15, -0.1) is 0 Å². The zero-order chi connectivity index (χ0) is 20.3. The van der Waals surface area contributed by atoms with Crippen molar-refractivity contribution < 1.29 is 23.8 Å². The number of aryl methyl sites for hydroxylation is 1. The number of anilines is 2. The van der Waals surface area contributed by atoms with Crippen LogP contribution in [0.15, 0.2) is 36.4 Å². The molecule has 0 bridgehead atoms. The summed E-state index contributed by atoms with van der Waals surface area (Å²) in [5, 5.41) is 2.88. The third-order valence-corrected chi connectivity index (χ3v) is 4.68. The van der Waals surface area contributed by atoms with E-state index in [4.69, 9.17) is 14.2 Å². The molecule has 3 rings (SSSR count). The molecule has 7 nitrogen and oxygen atoms in total. The van der Waals surface area contributed by atoms with Gasteiger partial charge in [0.25, 0.3) is 5.91 Å². The van der Waals surface area contributed by atoms with Gasteiger partial charge in [-0.25, -0.2) is 0 Å². The van der Waals surface area contributed by atoms with Crippen LogP contribution in [0.3, 0.4) is 0 Å². The Balaban J connectivity index is 1.63. The highest BCUT2D eigenvalue weighted by Crippen LogP contribution is 2.35. The number of amides is 2. The lowest BCUT2D eigenvalue weighted by Gasteiger charge is -2.30. The van der Waals surface area contributed by atoms with Gasteiger partial charge in [0.2, 0.25) is 5.91 Å². The largest absolute Gasteiger partial charge is 0.493 e. The summed E-state index contributed by atoms with van der Waals surface area (Å²) in [5.74, 6) is 1.66. The second-order valence-corrected chi connectivity index (χ2v) is 6.58. The zero-order valence-electron chi connectivity index (χ0n) is 16.4. The minimum Gasteiger partial charge on any atom is -0.493 e. The number of methoxy groups -OCH3 is 2. The average Bonchev–Trinajstić information content (AvgIpc) is 2.70. The lowest BCUT2D eigenvalue weighted by Crippen LogP contribution is -2.41. The Kier molecular flexibility index (Phi) is 5.73. The van der Waals surface area contributed by atoms with Gasteiger partial charge in [0, 0.05) is 25.2 Å². The molecule has 0 radical (unpaired) electrons. The predicted molar refractivity (Wildman–Crippen MR) is 106 cm³/mol. The van der Waals surface area contributed by atoms with Crippen LogP contribution < -0.4 is 24.4 Å². The van der Waals surface area contributed by atoms with E-state index >= 15 is 0 Å². The summed E-state index contributed by atoms with van der Waals surface area (Å²) in [5.41, 5.74) is 2.30. The van der Waals surface area contributed by atoms with Crippen LogP contribution in [0.2, 0.25) is 0 Å². The molecule has 1 atom stereocenters. The molecule has 1 N–H and O–H groups in total. The molecule has 2 amide bonds. The van der Waals surface area contributed by atoms with Crippen LogP contribution in [0.25, 0.3) is 0 Å². The molecule has 0 aromatic heterocycles. The highest BCUT2D eigenvalue weighted by molar-refractivity contribution is 6.00. The van der Waals surface area contributed by atoms with Crippen molar-refractivity contribution >= 4 is 23.2 Å². The van der Waals surface area contributed by atoms with E-state index in [2.05, 4.69) is 5.32 Å². The monoisotopic (exact) mass is 384 g/mol. The first-order valence-electron chi connectivity index (χ1n) is 9.02. The number of nitrogens with one attached hydrogen (secondary N) is 1. The van der Waals surface area contributed by atoms with E-state index in [9.17, 15) is 9.59 Å². The summed E-state index contributed by atoms with van der Waals surface area (Å²) in [7, 11) is 4.88. The summed E-state index contributed by atoms with van der Waals surface area (Å²) in [6, 6.07) is 10.9. The second kappa shape index (κ2) is 8.21. The Morgan fingerprint density at radius 3 is 2.61 bits per heavy atom. The highest BCUT2D eigenvalue weighted by atomic mass is 16.5. The smallest absolute Gasteiger partial charge is 0.267 e. The fraction of sp³-hybridized carbons (Fsp3) is 0.333. The third-order valence-electron chi connectivity index (χ3n) is 4.68. The molecule has 148 valence electrons. The first-order chi connectivity index (χ1) is 13.4. The van der Waals surface area contributed by atoms with Gasteiger partial charge in [-0.05, 0) is 43.2 Å². The van der Waals surface area contributed by atoms with Crippen molar-refractivity contribution in [2.45, 2.75) is 25.9 Å². The molecule has 0 saturated carbocycles. The van der Waals surface area contributed by atoms with E-state index in [1.165, 1.54) is 0 Å². The number of hydrogen-bond acceptors (Lipinski definition) is 5. The van der Waals surface area contributed by atoms with E-state index in [-0.39, 0.29) is 11.8 Å². The number of ether oxygens (including phenoxy) is 3. The molecular weight excluding hydrogens is 360 g/mol. The Hall–Kier alpha value is -3.22. The third kappa shape index (κ3) is 4.03. The van der Waals surface area contributed by atoms with Gasteiger partial charge < -0.3 is 24.4 Å². The topological polar surface area (TPSA) is 77.1 Å². The van der Waals surface area contributed by atoms with Crippen LogP contribution in [0.4, 0.5) is 11.4 Å². The summed E-state index contributed by atoms with van der Waals surface area (Å²) in [4.78, 5) is 25.9. The molecule has 1 unspecified atom stereocenters. The van der Waals surface area contributed by atoms with E-state index in [1.54, 1.807) is 51.3 Å². The fourth-order valence-electron chi connectivity index (χ4n) is 3.11. The fourth-order valence-corrected chi connectivity index (χ4v) is 3.11. The number of fused-ring (bicyclic) bond motifs is 1. The normalized spacial score (nSPS) is 15.5. The molecule has 0 spiro atoms. The van der Waals surface area contributed by atoms with Crippen molar-refractivity contribution in [2.75, 3.05) is 31.5 Å². The first kappa shape index (κ1) is 19.5. The molecule has 28 heavy (non-hydrogen) atoms. The van der Waals surface area contributed by atoms with Gasteiger partial charge in [0.15, 0.2) is 17.6 Å². The molecular formula is C21H24N2O5. The Morgan fingerprint density at radius 2 is 1.89 bits per heavy atom. The summed E-state index contributed by atoms with van der Waals surface area (Å²) >= 11 is 0. The minimum absolute atomic E-state index is 0.0980. The van der Waals surface area contributed by atoms with Crippen molar-refractivity contribution in [3.8, 4) is 17.2 Å². The van der Waals surface area contributed by atoms with E-state index in [0.717, 1.165) is 5.56 Å². The lowest BCUT2D eigenvalue weighted by atomic mass is 10.1. The Bertz CT molecular complexity index is 896. The first-order valence-corrected chi connectivity index (χ1v) is 9.02. The van der Waals surface area contributed by atoms with Crippen molar-refractivity contribution in [1.29, 1.82) is 0 Å².